The van der Waals surface area contributed by atoms with Crippen LogP contribution in [0.5, 0.6) is 0 Å². The summed E-state index contributed by atoms with van der Waals surface area (Å²) in [6.45, 7) is 0. The minimum absolute atomic E-state index is 0.238. The zero-order chi connectivity index (χ0) is 15.5. The van der Waals surface area contributed by atoms with Crippen molar-refractivity contribution in [1.82, 2.24) is 9.97 Å². The summed E-state index contributed by atoms with van der Waals surface area (Å²) in [7, 11) is 0. The van der Waals surface area contributed by atoms with Crippen LogP contribution in [0.4, 0.5) is 5.13 Å². The summed E-state index contributed by atoms with van der Waals surface area (Å²) in [5, 5.41) is 6.08. The fraction of sp³-hybridized carbons (Fsp3) is 0. The first-order valence-electron chi connectivity index (χ1n) is 6.27. The van der Waals surface area contributed by atoms with Crippen LogP contribution in [-0.2, 0) is 0 Å². The molecule has 3 rings (SSSR count). The fourth-order valence-corrected chi connectivity index (χ4v) is 2.91. The number of halogens is 2. The molecule has 2 aromatic heterocycles. The van der Waals surface area contributed by atoms with E-state index in [4.69, 9.17) is 23.2 Å². The van der Waals surface area contributed by atoms with Crippen molar-refractivity contribution in [2.24, 2.45) is 0 Å². The van der Waals surface area contributed by atoms with Crippen LogP contribution in [-0.4, -0.2) is 15.9 Å². The Morgan fingerprint density at radius 1 is 1.18 bits per heavy atom. The molecule has 0 unspecified atom stereocenters. The molecule has 0 aliphatic heterocycles. The van der Waals surface area contributed by atoms with Crippen LogP contribution in [0.15, 0.2) is 48.0 Å². The molecule has 0 radical (unpaired) electrons. The molecule has 1 aromatic carbocycles. The average molecular weight is 350 g/mol. The average Bonchev–Trinajstić information content (AvgIpc) is 2.96. The second kappa shape index (κ2) is 6.44. The van der Waals surface area contributed by atoms with Gasteiger partial charge >= 0.3 is 0 Å². The highest BCUT2D eigenvalue weighted by molar-refractivity contribution is 7.14. The van der Waals surface area contributed by atoms with Gasteiger partial charge in [-0.3, -0.25) is 15.1 Å². The number of rotatable bonds is 3. The SMILES string of the molecule is O=C(Nc1nc(-c2ccccc2Cl)cs1)c1cc(Cl)ccn1. The summed E-state index contributed by atoms with van der Waals surface area (Å²) in [6, 6.07) is 10.5. The lowest BCUT2D eigenvalue weighted by atomic mass is 10.2. The summed E-state index contributed by atoms with van der Waals surface area (Å²) in [5.74, 6) is -0.359. The highest BCUT2D eigenvalue weighted by Crippen LogP contribution is 2.30. The van der Waals surface area contributed by atoms with Crippen molar-refractivity contribution in [2.75, 3.05) is 5.32 Å². The van der Waals surface area contributed by atoms with Gasteiger partial charge < -0.3 is 0 Å². The predicted molar refractivity (Wildman–Crippen MR) is 89.8 cm³/mol. The Balaban J connectivity index is 1.80. The Kier molecular flexibility index (Phi) is 4.38. The third-order valence-electron chi connectivity index (χ3n) is 2.83. The van der Waals surface area contributed by atoms with Gasteiger partial charge in [-0.05, 0) is 18.2 Å². The van der Waals surface area contributed by atoms with Crippen molar-refractivity contribution in [1.29, 1.82) is 0 Å². The van der Waals surface area contributed by atoms with Gasteiger partial charge in [0.25, 0.3) is 5.91 Å². The van der Waals surface area contributed by atoms with E-state index in [9.17, 15) is 4.79 Å². The minimum Gasteiger partial charge on any atom is -0.296 e. The van der Waals surface area contributed by atoms with Crippen molar-refractivity contribution in [3.63, 3.8) is 0 Å². The molecule has 0 bridgehead atoms. The van der Waals surface area contributed by atoms with Crippen molar-refractivity contribution in [3.8, 4) is 11.3 Å². The van der Waals surface area contributed by atoms with Gasteiger partial charge in [-0.25, -0.2) is 4.98 Å². The maximum absolute atomic E-state index is 12.1. The van der Waals surface area contributed by atoms with Crippen molar-refractivity contribution < 1.29 is 4.79 Å². The lowest BCUT2D eigenvalue weighted by Crippen LogP contribution is -2.13. The molecule has 110 valence electrons. The summed E-state index contributed by atoms with van der Waals surface area (Å²) in [4.78, 5) is 20.4. The number of carbonyl (C=O) groups is 1. The molecule has 1 N–H and O–H groups in total. The molecular weight excluding hydrogens is 341 g/mol. The number of hydrogen-bond donors (Lipinski definition) is 1. The molecule has 0 spiro atoms. The van der Waals surface area contributed by atoms with Crippen LogP contribution >= 0.6 is 34.5 Å². The fourth-order valence-electron chi connectivity index (χ4n) is 1.81. The number of carbonyl (C=O) groups excluding carboxylic acids is 1. The van der Waals surface area contributed by atoms with Crippen LogP contribution in [0.1, 0.15) is 10.5 Å². The van der Waals surface area contributed by atoms with Gasteiger partial charge in [0.15, 0.2) is 5.13 Å². The lowest BCUT2D eigenvalue weighted by molar-refractivity contribution is 0.102. The molecule has 3 aromatic rings. The van der Waals surface area contributed by atoms with Crippen molar-refractivity contribution >= 4 is 45.6 Å². The Hall–Kier alpha value is -1.95. The second-order valence-electron chi connectivity index (χ2n) is 4.33. The number of nitrogens with one attached hydrogen (secondary N) is 1. The predicted octanol–water partition coefficient (Wildman–Crippen LogP) is 4.76. The van der Waals surface area contributed by atoms with Crippen LogP contribution in [0, 0.1) is 0 Å². The Morgan fingerprint density at radius 2 is 2.00 bits per heavy atom. The number of benzene rings is 1. The van der Waals surface area contributed by atoms with Crippen molar-refractivity contribution in [3.05, 3.63) is 63.7 Å². The topological polar surface area (TPSA) is 54.9 Å². The van der Waals surface area contributed by atoms with E-state index in [0.717, 1.165) is 5.56 Å². The van der Waals surface area contributed by atoms with Crippen LogP contribution in [0.3, 0.4) is 0 Å². The van der Waals surface area contributed by atoms with Gasteiger partial charge in [0.2, 0.25) is 0 Å². The molecule has 0 saturated carbocycles. The van der Waals surface area contributed by atoms with E-state index in [2.05, 4.69) is 15.3 Å². The third kappa shape index (κ3) is 3.27. The first-order chi connectivity index (χ1) is 10.6. The molecule has 4 nitrogen and oxygen atoms in total. The third-order valence-corrected chi connectivity index (χ3v) is 4.15. The highest BCUT2D eigenvalue weighted by Gasteiger charge is 2.12. The number of nitrogens with zero attached hydrogens (tertiary/aromatic N) is 2. The van der Waals surface area contributed by atoms with Crippen molar-refractivity contribution in [2.45, 2.75) is 0 Å². The first-order valence-corrected chi connectivity index (χ1v) is 7.90. The van der Waals surface area contributed by atoms with Crippen LogP contribution in [0.25, 0.3) is 11.3 Å². The van der Waals surface area contributed by atoms with Gasteiger partial charge in [0.05, 0.1) is 5.69 Å². The highest BCUT2D eigenvalue weighted by atomic mass is 35.5. The monoisotopic (exact) mass is 349 g/mol. The van der Waals surface area contributed by atoms with E-state index in [1.807, 2.05) is 23.6 Å². The van der Waals surface area contributed by atoms with E-state index >= 15 is 0 Å². The molecule has 0 aliphatic carbocycles. The molecule has 0 atom stereocenters. The summed E-state index contributed by atoms with van der Waals surface area (Å²) in [5.41, 5.74) is 1.77. The lowest BCUT2D eigenvalue weighted by Gasteiger charge is -2.01. The minimum atomic E-state index is -0.359. The number of amides is 1. The smallest absolute Gasteiger partial charge is 0.276 e. The zero-order valence-electron chi connectivity index (χ0n) is 11.1. The molecule has 22 heavy (non-hydrogen) atoms. The molecule has 2 heterocycles. The van der Waals surface area contributed by atoms with Crippen LogP contribution in [0.2, 0.25) is 10.0 Å². The van der Waals surface area contributed by atoms with Gasteiger partial charge in [0, 0.05) is 27.2 Å². The molecular formula is C15H9Cl2N3OS. The quantitative estimate of drug-likeness (QED) is 0.741. The molecule has 1 amide bonds. The van der Waals surface area contributed by atoms with Gasteiger partial charge in [-0.15, -0.1) is 11.3 Å². The summed E-state index contributed by atoms with van der Waals surface area (Å²) in [6.07, 6.45) is 1.48. The van der Waals surface area contributed by atoms with Crippen LogP contribution < -0.4 is 5.32 Å². The molecule has 0 saturated heterocycles. The van der Waals surface area contributed by atoms with E-state index in [1.165, 1.54) is 23.6 Å². The van der Waals surface area contributed by atoms with E-state index in [1.54, 1.807) is 12.1 Å². The Labute approximate surface area is 140 Å². The zero-order valence-corrected chi connectivity index (χ0v) is 13.4. The normalized spacial score (nSPS) is 10.5. The molecule has 7 heteroatoms. The van der Waals surface area contributed by atoms with Gasteiger partial charge in [-0.1, -0.05) is 41.4 Å². The summed E-state index contributed by atoms with van der Waals surface area (Å²) >= 11 is 13.3. The van der Waals surface area contributed by atoms with E-state index in [0.29, 0.717) is 20.9 Å². The number of hydrogen-bond acceptors (Lipinski definition) is 4. The second-order valence-corrected chi connectivity index (χ2v) is 6.03. The van der Waals surface area contributed by atoms with E-state index < -0.39 is 0 Å². The standard InChI is InChI=1S/C15H9Cl2N3OS/c16-9-5-6-18-12(7-9)14(21)20-15-19-13(8-22-15)10-3-1-2-4-11(10)17/h1-8H,(H,19,20,21). The molecule has 0 aliphatic rings. The van der Waals surface area contributed by atoms with Gasteiger partial charge in [0.1, 0.15) is 5.69 Å². The Bertz CT molecular complexity index is 835. The first kappa shape index (κ1) is 15.0. The molecule has 0 fully saturated rings. The maximum Gasteiger partial charge on any atom is 0.276 e. The Morgan fingerprint density at radius 3 is 2.77 bits per heavy atom. The number of thiazole rings is 1. The largest absolute Gasteiger partial charge is 0.296 e. The number of pyridine rings is 1. The summed E-state index contributed by atoms with van der Waals surface area (Å²) < 4.78 is 0. The number of anilines is 1. The van der Waals surface area contributed by atoms with E-state index in [-0.39, 0.29) is 11.6 Å². The number of aromatic nitrogens is 2. The van der Waals surface area contributed by atoms with Gasteiger partial charge in [-0.2, -0.15) is 0 Å². The maximum atomic E-state index is 12.1.